The average Bonchev–Trinajstić information content (AvgIpc) is 2.77. The Morgan fingerprint density at radius 3 is 2.00 bits per heavy atom. The summed E-state index contributed by atoms with van der Waals surface area (Å²) in [4.78, 5) is 0. The second-order valence-electron chi connectivity index (χ2n) is 7.59. The smallest absolute Gasteiger partial charge is 0.188 e. The number of hydrogen-bond acceptors (Lipinski definition) is 4. The molecule has 0 saturated carbocycles. The van der Waals surface area contributed by atoms with E-state index >= 15 is 0 Å². The van der Waals surface area contributed by atoms with Gasteiger partial charge in [0.15, 0.2) is 13.1 Å². The van der Waals surface area contributed by atoms with Crippen LogP contribution in [0.1, 0.15) is 90.0 Å². The molecular formula is C26H44O4. The monoisotopic (exact) mass is 420 g/mol. The summed E-state index contributed by atoms with van der Waals surface area (Å²) in [6.07, 6.45) is 17.8. The van der Waals surface area contributed by atoms with Gasteiger partial charge in [0, 0.05) is 13.2 Å². The Morgan fingerprint density at radius 2 is 1.37 bits per heavy atom. The van der Waals surface area contributed by atoms with E-state index in [2.05, 4.69) is 18.2 Å². The van der Waals surface area contributed by atoms with Crippen LogP contribution in [0.2, 0.25) is 0 Å². The second-order valence-corrected chi connectivity index (χ2v) is 7.59. The zero-order chi connectivity index (χ0) is 21.5. The number of rotatable bonds is 21. The van der Waals surface area contributed by atoms with Crippen molar-refractivity contribution >= 4 is 0 Å². The van der Waals surface area contributed by atoms with E-state index in [1.807, 2.05) is 32.0 Å². The van der Waals surface area contributed by atoms with Crippen molar-refractivity contribution < 1.29 is 18.9 Å². The quantitative estimate of drug-likeness (QED) is 0.118. The van der Waals surface area contributed by atoms with Crippen molar-refractivity contribution in [2.75, 3.05) is 20.0 Å². The number of allylic oxidation sites excluding steroid dienone is 1. The third-order valence-electron chi connectivity index (χ3n) is 4.97. The predicted molar refractivity (Wildman–Crippen MR) is 124 cm³/mol. The molecule has 0 heterocycles. The molecule has 30 heavy (non-hydrogen) atoms. The van der Waals surface area contributed by atoms with Crippen LogP contribution in [0.3, 0.4) is 0 Å². The highest BCUT2D eigenvalue weighted by Gasteiger charge is 2.06. The second kappa shape index (κ2) is 20.9. The summed E-state index contributed by atoms with van der Waals surface area (Å²) in [5, 5.41) is 0. The highest BCUT2D eigenvalue weighted by molar-refractivity contribution is 5.13. The summed E-state index contributed by atoms with van der Waals surface area (Å²) in [6, 6.07) is 10.1. The SMILES string of the molecule is CCOC(CCCCCCCCCCCC=COCOCc1ccccc1)OCC. The first-order valence-electron chi connectivity index (χ1n) is 12.0. The van der Waals surface area contributed by atoms with Crippen LogP contribution in [-0.2, 0) is 25.6 Å². The van der Waals surface area contributed by atoms with Gasteiger partial charge in [0.25, 0.3) is 0 Å². The summed E-state index contributed by atoms with van der Waals surface area (Å²) in [5.74, 6) is 0. The maximum atomic E-state index is 5.58. The first-order valence-corrected chi connectivity index (χ1v) is 12.0. The molecule has 1 rings (SSSR count). The van der Waals surface area contributed by atoms with Gasteiger partial charge in [-0.3, -0.25) is 0 Å². The van der Waals surface area contributed by atoms with Crippen LogP contribution in [0.25, 0.3) is 0 Å². The van der Waals surface area contributed by atoms with E-state index in [0.717, 1.165) is 26.1 Å². The topological polar surface area (TPSA) is 36.9 Å². The normalized spacial score (nSPS) is 11.6. The Morgan fingerprint density at radius 1 is 0.767 bits per heavy atom. The van der Waals surface area contributed by atoms with E-state index in [9.17, 15) is 0 Å². The Labute approximate surface area is 184 Å². The summed E-state index contributed by atoms with van der Waals surface area (Å²) in [7, 11) is 0. The molecule has 0 saturated heterocycles. The molecule has 0 atom stereocenters. The fourth-order valence-corrected chi connectivity index (χ4v) is 3.35. The Kier molecular flexibility index (Phi) is 18.6. The van der Waals surface area contributed by atoms with Crippen molar-refractivity contribution in [2.24, 2.45) is 0 Å². The maximum absolute atomic E-state index is 5.58. The van der Waals surface area contributed by atoms with Gasteiger partial charge in [0.1, 0.15) is 0 Å². The van der Waals surface area contributed by atoms with Gasteiger partial charge in [-0.1, -0.05) is 75.3 Å². The highest BCUT2D eigenvalue weighted by atomic mass is 16.7. The van der Waals surface area contributed by atoms with E-state index in [-0.39, 0.29) is 6.29 Å². The average molecular weight is 421 g/mol. The lowest BCUT2D eigenvalue weighted by Gasteiger charge is -2.16. The first-order chi connectivity index (χ1) is 14.9. The van der Waals surface area contributed by atoms with Crippen molar-refractivity contribution in [3.63, 3.8) is 0 Å². The van der Waals surface area contributed by atoms with E-state index in [1.165, 1.54) is 63.4 Å². The van der Waals surface area contributed by atoms with Crippen molar-refractivity contribution in [2.45, 2.75) is 97.4 Å². The molecule has 4 heteroatoms. The van der Waals surface area contributed by atoms with Crippen LogP contribution in [-0.4, -0.2) is 26.3 Å². The number of unbranched alkanes of at least 4 members (excludes halogenated alkanes) is 9. The van der Waals surface area contributed by atoms with Crippen LogP contribution in [0.5, 0.6) is 0 Å². The third kappa shape index (κ3) is 16.4. The van der Waals surface area contributed by atoms with Gasteiger partial charge in [-0.2, -0.15) is 0 Å². The number of ether oxygens (including phenoxy) is 4. The van der Waals surface area contributed by atoms with Crippen LogP contribution < -0.4 is 0 Å². The Hall–Kier alpha value is -1.36. The fraction of sp³-hybridized carbons (Fsp3) is 0.692. The molecule has 1 aromatic rings. The van der Waals surface area contributed by atoms with Gasteiger partial charge in [-0.05, 0) is 51.2 Å². The molecule has 0 fully saturated rings. The largest absolute Gasteiger partial charge is 0.475 e. The summed E-state index contributed by atoms with van der Waals surface area (Å²) >= 11 is 0. The standard InChI is InChI=1S/C26H44O4/c1-3-29-26(30-4-2)21-17-12-10-8-6-5-7-9-11-13-18-22-27-24-28-23-25-19-15-14-16-20-25/h14-16,18-20,22,26H,3-13,17,21,23-24H2,1-2H3. The van der Waals surface area contributed by atoms with Crippen molar-refractivity contribution in [3.8, 4) is 0 Å². The fourth-order valence-electron chi connectivity index (χ4n) is 3.35. The lowest BCUT2D eigenvalue weighted by atomic mass is 10.1. The summed E-state index contributed by atoms with van der Waals surface area (Å²) < 4.78 is 22.0. The van der Waals surface area contributed by atoms with Gasteiger partial charge in [-0.15, -0.1) is 0 Å². The molecule has 0 N–H and O–H groups in total. The first kappa shape index (κ1) is 26.7. The predicted octanol–water partition coefficient (Wildman–Crippen LogP) is 7.38. The number of benzene rings is 1. The minimum absolute atomic E-state index is 0.00117. The molecule has 4 nitrogen and oxygen atoms in total. The van der Waals surface area contributed by atoms with Gasteiger partial charge < -0.3 is 18.9 Å². The molecule has 0 spiro atoms. The molecule has 1 aromatic carbocycles. The van der Waals surface area contributed by atoms with Crippen molar-refractivity contribution in [1.82, 2.24) is 0 Å². The van der Waals surface area contributed by atoms with Crippen LogP contribution in [0, 0.1) is 0 Å². The Bertz CT molecular complexity index is 483. The molecule has 172 valence electrons. The van der Waals surface area contributed by atoms with E-state index < -0.39 is 0 Å². The summed E-state index contributed by atoms with van der Waals surface area (Å²) in [6.45, 7) is 6.42. The van der Waals surface area contributed by atoms with Crippen molar-refractivity contribution in [1.29, 1.82) is 0 Å². The van der Waals surface area contributed by atoms with Gasteiger partial charge in [0.2, 0.25) is 0 Å². The zero-order valence-corrected chi connectivity index (χ0v) is 19.4. The molecule has 0 bridgehead atoms. The zero-order valence-electron chi connectivity index (χ0n) is 19.4. The molecular weight excluding hydrogens is 376 g/mol. The lowest BCUT2D eigenvalue weighted by Crippen LogP contribution is -2.17. The van der Waals surface area contributed by atoms with Crippen LogP contribution >= 0.6 is 0 Å². The van der Waals surface area contributed by atoms with Gasteiger partial charge >= 0.3 is 0 Å². The molecule has 0 aliphatic rings. The molecule has 0 radical (unpaired) electrons. The minimum Gasteiger partial charge on any atom is -0.475 e. The van der Waals surface area contributed by atoms with Gasteiger partial charge in [-0.25, -0.2) is 0 Å². The minimum atomic E-state index is 0.00117. The lowest BCUT2D eigenvalue weighted by molar-refractivity contribution is -0.140. The van der Waals surface area contributed by atoms with Crippen LogP contribution in [0.4, 0.5) is 0 Å². The van der Waals surface area contributed by atoms with E-state index in [4.69, 9.17) is 18.9 Å². The number of hydrogen-bond donors (Lipinski definition) is 0. The Balaban J connectivity index is 1.78. The van der Waals surface area contributed by atoms with E-state index in [0.29, 0.717) is 13.4 Å². The molecule has 0 aliphatic carbocycles. The third-order valence-corrected chi connectivity index (χ3v) is 4.97. The maximum Gasteiger partial charge on any atom is 0.188 e. The van der Waals surface area contributed by atoms with E-state index in [1.54, 1.807) is 6.26 Å². The molecule has 0 aromatic heterocycles. The highest BCUT2D eigenvalue weighted by Crippen LogP contribution is 2.13. The molecule has 0 unspecified atom stereocenters. The van der Waals surface area contributed by atoms with Gasteiger partial charge in [0.05, 0.1) is 12.9 Å². The van der Waals surface area contributed by atoms with Crippen molar-refractivity contribution in [3.05, 3.63) is 48.2 Å². The molecule has 0 aliphatic heterocycles. The molecule has 0 amide bonds. The van der Waals surface area contributed by atoms with Crippen LogP contribution in [0.15, 0.2) is 42.7 Å². The summed E-state index contributed by atoms with van der Waals surface area (Å²) in [5.41, 5.74) is 1.17.